The minimum atomic E-state index is 0.367. The lowest BCUT2D eigenvalue weighted by molar-refractivity contribution is 0.259. The maximum Gasteiger partial charge on any atom is 0.196 e. The van der Waals surface area contributed by atoms with E-state index in [1.165, 1.54) is 17.7 Å². The van der Waals surface area contributed by atoms with Crippen LogP contribution in [0, 0.1) is 0 Å². The fraction of sp³-hybridized carbons (Fsp3) is 0.300. The van der Waals surface area contributed by atoms with Gasteiger partial charge in [-0.3, -0.25) is 4.90 Å². The van der Waals surface area contributed by atoms with Crippen LogP contribution in [-0.2, 0) is 0 Å². The number of hydrogen-bond donors (Lipinski definition) is 1. The molecule has 0 aliphatic carbocycles. The smallest absolute Gasteiger partial charge is 0.196 e. The van der Waals surface area contributed by atoms with Crippen molar-refractivity contribution in [2.75, 3.05) is 25.0 Å². The molecule has 5 rings (SSSR count). The number of nitrogens with zero attached hydrogens (tertiary/aromatic N) is 3. The van der Waals surface area contributed by atoms with Crippen LogP contribution >= 0.6 is 11.3 Å². The van der Waals surface area contributed by atoms with Crippen molar-refractivity contribution >= 4 is 39.2 Å². The highest BCUT2D eigenvalue weighted by Gasteiger charge is 2.24. The summed E-state index contributed by atoms with van der Waals surface area (Å²) in [6.07, 6.45) is 4.18. The van der Waals surface area contributed by atoms with Gasteiger partial charge < -0.3 is 9.73 Å². The number of anilines is 1. The van der Waals surface area contributed by atoms with Gasteiger partial charge in [-0.1, -0.05) is 18.2 Å². The minimum absolute atomic E-state index is 0.367. The second kappa shape index (κ2) is 6.70. The van der Waals surface area contributed by atoms with Gasteiger partial charge in [-0.2, -0.15) is 0 Å². The summed E-state index contributed by atoms with van der Waals surface area (Å²) in [5.41, 5.74) is 2.45. The van der Waals surface area contributed by atoms with Gasteiger partial charge in [0.25, 0.3) is 0 Å². The lowest BCUT2D eigenvalue weighted by Crippen LogP contribution is -2.30. The van der Waals surface area contributed by atoms with Gasteiger partial charge in [-0.05, 0) is 49.5 Å². The highest BCUT2D eigenvalue weighted by Crippen LogP contribution is 2.32. The number of para-hydroxylation sites is 1. The maximum atomic E-state index is 6.03. The third kappa shape index (κ3) is 2.75. The number of nitrogens with one attached hydrogen (secondary N) is 1. The molecule has 1 atom stereocenters. The molecule has 1 aromatic carbocycles. The van der Waals surface area contributed by atoms with E-state index >= 15 is 0 Å². The van der Waals surface area contributed by atoms with E-state index in [1.54, 1.807) is 6.33 Å². The monoisotopic (exact) mass is 364 g/mol. The summed E-state index contributed by atoms with van der Waals surface area (Å²) in [5, 5.41) is 6.72. The molecule has 5 nitrogen and oxygen atoms in total. The topological polar surface area (TPSA) is 54.2 Å². The standard InChI is InChI=1S/C20H20N4OS/c1-2-7-16-14(6-1)18-19(25-16)20(23-13-22-18)21-12-15(17-8-5-11-26-17)24-9-3-4-10-24/h1-2,5-8,11,13,15H,3-4,9-10,12H2,(H,21,22,23)/t15-/m0/s1. The molecule has 0 amide bonds. The molecule has 4 aromatic rings. The van der Waals surface area contributed by atoms with E-state index in [4.69, 9.17) is 4.42 Å². The molecule has 3 aromatic heterocycles. The summed E-state index contributed by atoms with van der Waals surface area (Å²) < 4.78 is 6.03. The molecular weight excluding hydrogens is 344 g/mol. The molecule has 6 heteroatoms. The molecule has 26 heavy (non-hydrogen) atoms. The average molecular weight is 364 g/mol. The van der Waals surface area contributed by atoms with Crippen molar-refractivity contribution < 1.29 is 4.42 Å². The maximum absolute atomic E-state index is 6.03. The van der Waals surface area contributed by atoms with Crippen molar-refractivity contribution in [2.45, 2.75) is 18.9 Å². The van der Waals surface area contributed by atoms with Gasteiger partial charge in [0.1, 0.15) is 17.4 Å². The van der Waals surface area contributed by atoms with Gasteiger partial charge >= 0.3 is 0 Å². The van der Waals surface area contributed by atoms with E-state index in [9.17, 15) is 0 Å². The Kier molecular flexibility index (Phi) is 4.07. The fourth-order valence-corrected chi connectivity index (χ4v) is 4.65. The second-order valence-electron chi connectivity index (χ2n) is 6.65. The zero-order chi connectivity index (χ0) is 17.3. The molecule has 1 aliphatic rings. The Hall–Kier alpha value is -2.44. The van der Waals surface area contributed by atoms with E-state index in [0.717, 1.165) is 47.5 Å². The lowest BCUT2D eigenvalue weighted by Gasteiger charge is -2.27. The Balaban J connectivity index is 1.46. The van der Waals surface area contributed by atoms with Crippen LogP contribution in [-0.4, -0.2) is 34.5 Å². The van der Waals surface area contributed by atoms with Crippen LogP contribution in [0.4, 0.5) is 5.82 Å². The van der Waals surface area contributed by atoms with Gasteiger partial charge in [0.2, 0.25) is 0 Å². The van der Waals surface area contributed by atoms with E-state index in [1.807, 2.05) is 35.6 Å². The first-order valence-corrected chi connectivity index (χ1v) is 9.92. The van der Waals surface area contributed by atoms with Crippen molar-refractivity contribution in [3.8, 4) is 0 Å². The molecule has 0 saturated carbocycles. The Morgan fingerprint density at radius 3 is 2.85 bits per heavy atom. The third-order valence-electron chi connectivity index (χ3n) is 5.07. The predicted octanol–water partition coefficient (Wildman–Crippen LogP) is 4.69. The summed E-state index contributed by atoms with van der Waals surface area (Å²) in [6.45, 7) is 3.13. The van der Waals surface area contributed by atoms with E-state index in [-0.39, 0.29) is 0 Å². The molecule has 132 valence electrons. The number of aromatic nitrogens is 2. The molecule has 0 bridgehead atoms. The predicted molar refractivity (Wildman–Crippen MR) is 106 cm³/mol. The number of likely N-dealkylation sites (tertiary alicyclic amines) is 1. The first kappa shape index (κ1) is 15.8. The van der Waals surface area contributed by atoms with Gasteiger partial charge in [0.05, 0.1) is 6.04 Å². The molecule has 1 N–H and O–H groups in total. The van der Waals surface area contributed by atoms with Gasteiger partial charge in [-0.15, -0.1) is 11.3 Å². The zero-order valence-electron chi connectivity index (χ0n) is 14.4. The van der Waals surface area contributed by atoms with Crippen molar-refractivity contribution in [3.05, 3.63) is 53.0 Å². The van der Waals surface area contributed by atoms with Crippen molar-refractivity contribution in [3.63, 3.8) is 0 Å². The number of hydrogen-bond acceptors (Lipinski definition) is 6. The van der Waals surface area contributed by atoms with Crippen molar-refractivity contribution in [1.82, 2.24) is 14.9 Å². The lowest BCUT2D eigenvalue weighted by atomic mass is 10.2. The van der Waals surface area contributed by atoms with Crippen LogP contribution in [0.1, 0.15) is 23.8 Å². The summed E-state index contributed by atoms with van der Waals surface area (Å²) in [5.74, 6) is 0.770. The van der Waals surface area contributed by atoms with Crippen molar-refractivity contribution in [1.29, 1.82) is 0 Å². The number of rotatable bonds is 5. The van der Waals surface area contributed by atoms with Gasteiger partial charge in [0.15, 0.2) is 11.4 Å². The summed E-state index contributed by atoms with van der Waals surface area (Å²) in [4.78, 5) is 12.8. The van der Waals surface area contributed by atoms with Crippen LogP contribution in [0.3, 0.4) is 0 Å². The second-order valence-corrected chi connectivity index (χ2v) is 7.63. The van der Waals surface area contributed by atoms with E-state index < -0.39 is 0 Å². The zero-order valence-corrected chi connectivity index (χ0v) is 15.2. The molecule has 0 unspecified atom stereocenters. The number of benzene rings is 1. The normalized spacial score (nSPS) is 16.5. The Morgan fingerprint density at radius 2 is 2.00 bits per heavy atom. The minimum Gasteiger partial charge on any atom is -0.450 e. The van der Waals surface area contributed by atoms with Crippen molar-refractivity contribution in [2.24, 2.45) is 0 Å². The number of furan rings is 1. The quantitative estimate of drug-likeness (QED) is 0.557. The fourth-order valence-electron chi connectivity index (χ4n) is 3.79. The first-order chi connectivity index (χ1) is 12.9. The summed E-state index contributed by atoms with van der Waals surface area (Å²) in [7, 11) is 0. The third-order valence-corrected chi connectivity index (χ3v) is 6.05. The molecule has 4 heterocycles. The van der Waals surface area contributed by atoms with Crippen LogP contribution < -0.4 is 5.32 Å². The molecule has 1 saturated heterocycles. The molecule has 1 aliphatic heterocycles. The summed E-state index contributed by atoms with van der Waals surface area (Å²) in [6, 6.07) is 12.7. The van der Waals surface area contributed by atoms with Gasteiger partial charge in [0, 0.05) is 16.8 Å². The largest absolute Gasteiger partial charge is 0.450 e. The van der Waals surface area contributed by atoms with E-state index in [2.05, 4.69) is 37.7 Å². The van der Waals surface area contributed by atoms with Crippen LogP contribution in [0.5, 0.6) is 0 Å². The molecular formula is C20H20N4OS. The highest BCUT2D eigenvalue weighted by atomic mass is 32.1. The number of thiophene rings is 1. The number of fused-ring (bicyclic) bond motifs is 3. The van der Waals surface area contributed by atoms with Crippen LogP contribution in [0.15, 0.2) is 52.5 Å². The van der Waals surface area contributed by atoms with Crippen LogP contribution in [0.2, 0.25) is 0 Å². The Labute approximate surface area is 155 Å². The van der Waals surface area contributed by atoms with E-state index in [0.29, 0.717) is 6.04 Å². The average Bonchev–Trinajstić information content (AvgIpc) is 3.43. The highest BCUT2D eigenvalue weighted by molar-refractivity contribution is 7.10. The van der Waals surface area contributed by atoms with Crippen LogP contribution in [0.25, 0.3) is 22.1 Å². The SMILES string of the molecule is c1csc([C@H](CNc2ncnc3c2oc2ccccc23)N2CCCC2)c1. The Morgan fingerprint density at radius 1 is 1.12 bits per heavy atom. The Bertz CT molecular complexity index is 1020. The molecule has 0 radical (unpaired) electrons. The molecule has 0 spiro atoms. The van der Waals surface area contributed by atoms with Gasteiger partial charge in [-0.25, -0.2) is 9.97 Å². The molecule has 1 fully saturated rings. The summed E-state index contributed by atoms with van der Waals surface area (Å²) >= 11 is 1.82. The first-order valence-electron chi connectivity index (χ1n) is 9.04.